The second-order valence-corrected chi connectivity index (χ2v) is 3.01. The molecule has 0 saturated carbocycles. The normalized spacial score (nSPS) is 9.75. The highest BCUT2D eigenvalue weighted by Gasteiger charge is 2.19. The van der Waals surface area contributed by atoms with Gasteiger partial charge in [-0.05, 0) is 12.1 Å². The van der Waals surface area contributed by atoms with Crippen molar-refractivity contribution in [3.63, 3.8) is 0 Å². The van der Waals surface area contributed by atoms with Crippen molar-refractivity contribution in [2.45, 2.75) is 6.92 Å². The van der Waals surface area contributed by atoms with Gasteiger partial charge in [0.05, 0.1) is 5.69 Å². The molecule has 0 aliphatic rings. The first kappa shape index (κ1) is 12.1. The molecule has 0 unspecified atom stereocenters. The van der Waals surface area contributed by atoms with Gasteiger partial charge in [-0.1, -0.05) is 0 Å². The van der Waals surface area contributed by atoms with Gasteiger partial charge in [-0.3, -0.25) is 4.79 Å². The van der Waals surface area contributed by atoms with Crippen LogP contribution in [0.15, 0.2) is 18.2 Å². The van der Waals surface area contributed by atoms with Gasteiger partial charge < -0.3 is 5.32 Å². The van der Waals surface area contributed by atoms with Crippen molar-refractivity contribution in [1.29, 1.82) is 0 Å². The van der Waals surface area contributed by atoms with Gasteiger partial charge in [-0.25, -0.2) is 18.5 Å². The van der Waals surface area contributed by atoms with E-state index in [0.717, 1.165) is 25.1 Å². The number of nitrogens with zero attached hydrogens (tertiary/aromatic N) is 1. The third kappa shape index (κ3) is 2.33. The molecule has 0 heterocycles. The molecule has 0 aliphatic carbocycles. The third-order valence-corrected chi connectivity index (χ3v) is 1.89. The lowest BCUT2D eigenvalue weighted by Gasteiger charge is -2.18. The summed E-state index contributed by atoms with van der Waals surface area (Å²) in [7, 11) is 1.33. The molecule has 16 heavy (non-hydrogen) atoms. The van der Waals surface area contributed by atoms with E-state index in [-0.39, 0.29) is 5.69 Å². The van der Waals surface area contributed by atoms with Crippen LogP contribution in [0.25, 0.3) is 0 Å². The second-order valence-electron chi connectivity index (χ2n) is 3.01. The summed E-state index contributed by atoms with van der Waals surface area (Å²) in [4.78, 5) is 23.2. The zero-order valence-corrected chi connectivity index (χ0v) is 8.75. The van der Waals surface area contributed by atoms with Gasteiger partial charge >= 0.3 is 6.03 Å². The van der Waals surface area contributed by atoms with Crippen LogP contribution in [0.4, 0.5) is 19.3 Å². The number of anilines is 1. The van der Waals surface area contributed by atoms with Crippen LogP contribution >= 0.6 is 0 Å². The third-order valence-electron chi connectivity index (χ3n) is 1.89. The molecule has 3 amide bonds. The number of benzene rings is 1. The van der Waals surface area contributed by atoms with Crippen molar-refractivity contribution in [2.75, 3.05) is 11.9 Å². The first-order valence-corrected chi connectivity index (χ1v) is 4.45. The quantitative estimate of drug-likeness (QED) is 0.794. The van der Waals surface area contributed by atoms with Crippen LogP contribution in [0.5, 0.6) is 0 Å². The summed E-state index contributed by atoms with van der Waals surface area (Å²) < 4.78 is 25.6. The molecule has 86 valence electrons. The number of nitrogens with one attached hydrogen (secondary N) is 1. The minimum absolute atomic E-state index is 0.0225. The van der Waals surface area contributed by atoms with Crippen molar-refractivity contribution in [3.05, 3.63) is 29.8 Å². The highest BCUT2D eigenvalue weighted by Crippen LogP contribution is 2.18. The molecule has 1 aromatic rings. The minimum atomic E-state index is -1.12. The van der Waals surface area contributed by atoms with E-state index in [1.54, 1.807) is 0 Å². The standard InChI is InChI=1S/C10H10F2N2O2/c1-6(15)14(10(16)13-2)7-3-4-8(11)9(12)5-7/h3-5H,1-2H3,(H,13,16). The van der Waals surface area contributed by atoms with E-state index in [1.165, 1.54) is 7.05 Å². The largest absolute Gasteiger partial charge is 0.340 e. The molecule has 0 aliphatic heterocycles. The number of amides is 3. The molecule has 6 heteroatoms. The number of rotatable bonds is 1. The van der Waals surface area contributed by atoms with E-state index in [2.05, 4.69) is 5.32 Å². The predicted octanol–water partition coefficient (Wildman–Crippen LogP) is 1.66. The Kier molecular flexibility index (Phi) is 3.55. The molecule has 0 bridgehead atoms. The maximum Gasteiger partial charge on any atom is 0.328 e. The topological polar surface area (TPSA) is 49.4 Å². The molecule has 0 atom stereocenters. The fourth-order valence-corrected chi connectivity index (χ4v) is 1.18. The van der Waals surface area contributed by atoms with Crippen molar-refractivity contribution >= 4 is 17.6 Å². The highest BCUT2D eigenvalue weighted by atomic mass is 19.2. The van der Waals surface area contributed by atoms with Crippen molar-refractivity contribution < 1.29 is 18.4 Å². The maximum absolute atomic E-state index is 12.9. The van der Waals surface area contributed by atoms with Gasteiger partial charge in [0.15, 0.2) is 11.6 Å². The first-order valence-electron chi connectivity index (χ1n) is 4.45. The van der Waals surface area contributed by atoms with E-state index < -0.39 is 23.6 Å². The first-order chi connectivity index (χ1) is 7.47. The van der Waals surface area contributed by atoms with Gasteiger partial charge in [-0.2, -0.15) is 0 Å². The zero-order valence-electron chi connectivity index (χ0n) is 8.75. The Balaban J connectivity index is 3.16. The Morgan fingerprint density at radius 2 is 1.88 bits per heavy atom. The number of carbonyl (C=O) groups is 2. The summed E-state index contributed by atoms with van der Waals surface area (Å²) >= 11 is 0. The summed E-state index contributed by atoms with van der Waals surface area (Å²) in [5.41, 5.74) is -0.0225. The summed E-state index contributed by atoms with van der Waals surface area (Å²) in [6, 6.07) is 2.07. The summed E-state index contributed by atoms with van der Waals surface area (Å²) in [6.07, 6.45) is 0. The molecule has 0 aromatic heterocycles. The molecule has 1 aromatic carbocycles. The predicted molar refractivity (Wildman–Crippen MR) is 54.0 cm³/mol. The molecule has 1 rings (SSSR count). The molecule has 0 spiro atoms. The zero-order chi connectivity index (χ0) is 12.3. The Bertz CT molecular complexity index is 435. The van der Waals surface area contributed by atoms with Crippen molar-refractivity contribution in [2.24, 2.45) is 0 Å². The van der Waals surface area contributed by atoms with Gasteiger partial charge in [0, 0.05) is 20.0 Å². The summed E-state index contributed by atoms with van der Waals surface area (Å²) in [6.45, 7) is 1.15. The number of hydrogen-bond acceptors (Lipinski definition) is 2. The van der Waals surface area contributed by atoms with Crippen LogP contribution in [0.2, 0.25) is 0 Å². The monoisotopic (exact) mass is 228 g/mol. The SMILES string of the molecule is CNC(=O)N(C(C)=O)c1ccc(F)c(F)c1. The lowest BCUT2D eigenvalue weighted by atomic mass is 10.2. The van der Waals surface area contributed by atoms with Crippen LogP contribution in [-0.2, 0) is 4.79 Å². The number of imide groups is 1. The highest BCUT2D eigenvalue weighted by molar-refractivity contribution is 6.13. The number of halogens is 2. The van der Waals surface area contributed by atoms with Crippen LogP contribution in [0.3, 0.4) is 0 Å². The molecule has 1 N–H and O–H groups in total. The van der Waals surface area contributed by atoms with Crippen molar-refractivity contribution in [1.82, 2.24) is 5.32 Å². The maximum atomic E-state index is 12.9. The Labute approximate surface area is 90.9 Å². The van der Waals surface area contributed by atoms with Crippen LogP contribution in [-0.4, -0.2) is 19.0 Å². The van der Waals surface area contributed by atoms with Crippen LogP contribution in [0.1, 0.15) is 6.92 Å². The van der Waals surface area contributed by atoms with Crippen LogP contribution < -0.4 is 10.2 Å². The average Bonchev–Trinajstić information content (AvgIpc) is 2.22. The number of hydrogen-bond donors (Lipinski definition) is 1. The van der Waals surface area contributed by atoms with Gasteiger partial charge in [0.1, 0.15) is 0 Å². The molecule has 0 fully saturated rings. The fourth-order valence-electron chi connectivity index (χ4n) is 1.18. The summed E-state index contributed by atoms with van der Waals surface area (Å²) in [5, 5.41) is 2.23. The fraction of sp³-hybridized carbons (Fsp3) is 0.200. The lowest BCUT2D eigenvalue weighted by Crippen LogP contribution is -2.41. The Morgan fingerprint density at radius 1 is 1.25 bits per heavy atom. The molecule has 0 saturated heterocycles. The van der Waals surface area contributed by atoms with Crippen LogP contribution in [0, 0.1) is 11.6 Å². The van der Waals surface area contributed by atoms with E-state index in [1.807, 2.05) is 0 Å². The average molecular weight is 228 g/mol. The van der Waals surface area contributed by atoms with Gasteiger partial charge in [0.25, 0.3) is 0 Å². The molecular weight excluding hydrogens is 218 g/mol. The van der Waals surface area contributed by atoms with E-state index in [9.17, 15) is 18.4 Å². The minimum Gasteiger partial charge on any atom is -0.340 e. The summed E-state index contributed by atoms with van der Waals surface area (Å²) in [5.74, 6) is -2.75. The lowest BCUT2D eigenvalue weighted by molar-refractivity contribution is -0.115. The molecular formula is C10H10F2N2O2. The molecule has 4 nitrogen and oxygen atoms in total. The van der Waals surface area contributed by atoms with Gasteiger partial charge in [-0.15, -0.1) is 0 Å². The number of carbonyl (C=O) groups excluding carboxylic acids is 2. The smallest absolute Gasteiger partial charge is 0.328 e. The van der Waals surface area contributed by atoms with Gasteiger partial charge in [0.2, 0.25) is 5.91 Å². The van der Waals surface area contributed by atoms with E-state index in [4.69, 9.17) is 0 Å². The van der Waals surface area contributed by atoms with E-state index >= 15 is 0 Å². The number of urea groups is 1. The molecule has 0 radical (unpaired) electrons. The second kappa shape index (κ2) is 4.69. The Hall–Kier alpha value is -1.98. The van der Waals surface area contributed by atoms with Crippen molar-refractivity contribution in [3.8, 4) is 0 Å². The Morgan fingerprint density at radius 3 is 2.31 bits per heavy atom. The van der Waals surface area contributed by atoms with E-state index in [0.29, 0.717) is 4.90 Å².